The molecule has 0 radical (unpaired) electrons. The van der Waals surface area contributed by atoms with Crippen molar-refractivity contribution in [3.8, 4) is 11.5 Å². The van der Waals surface area contributed by atoms with E-state index < -0.39 is 0 Å². The predicted octanol–water partition coefficient (Wildman–Crippen LogP) is 3.55. The Morgan fingerprint density at radius 2 is 2.05 bits per heavy atom. The number of hydrogen-bond donors (Lipinski definition) is 0. The van der Waals surface area contributed by atoms with Crippen molar-refractivity contribution in [2.45, 2.75) is 6.92 Å². The fourth-order valence-electron chi connectivity index (χ4n) is 1.83. The molecule has 106 valence electrons. The normalized spacial score (nSPS) is 10.3. The highest BCUT2D eigenvalue weighted by Gasteiger charge is 2.09. The number of fused-ring (bicyclic) bond motifs is 1. The molecule has 2 aromatic carbocycles. The molecule has 2 rings (SSSR count). The van der Waals surface area contributed by atoms with E-state index >= 15 is 0 Å². The first-order chi connectivity index (χ1) is 9.65. The van der Waals surface area contributed by atoms with Gasteiger partial charge in [0, 0.05) is 0 Å². The van der Waals surface area contributed by atoms with Gasteiger partial charge in [-0.1, -0.05) is 6.07 Å². The second-order valence-electron chi connectivity index (χ2n) is 4.06. The van der Waals surface area contributed by atoms with E-state index in [1.54, 1.807) is 14.0 Å². The fraction of sp³-hybridized carbons (Fsp3) is 0.267. The zero-order chi connectivity index (χ0) is 14.5. The molecule has 0 spiro atoms. The smallest absolute Gasteiger partial charge is 0.344 e. The number of ether oxygens (including phenoxy) is 3. The highest BCUT2D eigenvalue weighted by molar-refractivity contribution is 9.10. The number of carbonyl (C=O) groups excluding carboxylic acids is 1. The Kier molecular flexibility index (Phi) is 4.84. The number of rotatable bonds is 5. The summed E-state index contributed by atoms with van der Waals surface area (Å²) in [5.41, 5.74) is 0. The van der Waals surface area contributed by atoms with Crippen LogP contribution in [0, 0.1) is 0 Å². The first-order valence-electron chi connectivity index (χ1n) is 6.20. The molecular formula is C15H15BrO4. The number of methoxy groups -OCH3 is 1. The summed E-state index contributed by atoms with van der Waals surface area (Å²) in [7, 11) is 1.63. The Hall–Kier alpha value is -1.75. The van der Waals surface area contributed by atoms with Crippen molar-refractivity contribution in [2.24, 2.45) is 0 Å². The van der Waals surface area contributed by atoms with Crippen LogP contribution >= 0.6 is 15.9 Å². The summed E-state index contributed by atoms with van der Waals surface area (Å²) in [6.07, 6.45) is 0. The van der Waals surface area contributed by atoms with E-state index in [4.69, 9.17) is 14.2 Å². The summed E-state index contributed by atoms with van der Waals surface area (Å²) < 4.78 is 16.3. The SMILES string of the molecule is CCOC(=O)COc1ccc2cc(OC)ccc2c1Br. The quantitative estimate of drug-likeness (QED) is 0.782. The molecule has 0 bridgehead atoms. The van der Waals surface area contributed by atoms with Crippen LogP contribution in [-0.2, 0) is 9.53 Å². The lowest BCUT2D eigenvalue weighted by Crippen LogP contribution is -2.14. The molecule has 0 atom stereocenters. The van der Waals surface area contributed by atoms with Gasteiger partial charge in [-0.05, 0) is 57.9 Å². The lowest BCUT2D eigenvalue weighted by Gasteiger charge is -2.10. The van der Waals surface area contributed by atoms with Gasteiger partial charge < -0.3 is 14.2 Å². The molecule has 0 aliphatic rings. The first kappa shape index (κ1) is 14.7. The molecule has 0 aliphatic carbocycles. The largest absolute Gasteiger partial charge is 0.497 e. The summed E-state index contributed by atoms with van der Waals surface area (Å²) in [5.74, 6) is 1.02. The molecule has 0 saturated heterocycles. The minimum absolute atomic E-state index is 0.103. The van der Waals surface area contributed by atoms with E-state index in [-0.39, 0.29) is 12.6 Å². The summed E-state index contributed by atoms with van der Waals surface area (Å²) in [6.45, 7) is 2.01. The van der Waals surface area contributed by atoms with Crippen LogP contribution in [0.3, 0.4) is 0 Å². The van der Waals surface area contributed by atoms with Gasteiger partial charge in [0.2, 0.25) is 0 Å². The zero-order valence-corrected chi connectivity index (χ0v) is 12.9. The van der Waals surface area contributed by atoms with Gasteiger partial charge in [0.25, 0.3) is 0 Å². The number of carbonyl (C=O) groups is 1. The molecule has 0 saturated carbocycles. The monoisotopic (exact) mass is 338 g/mol. The second kappa shape index (κ2) is 6.61. The average Bonchev–Trinajstić information content (AvgIpc) is 2.46. The van der Waals surface area contributed by atoms with E-state index in [0.717, 1.165) is 21.0 Å². The number of halogens is 1. The van der Waals surface area contributed by atoms with Crippen LogP contribution in [0.1, 0.15) is 6.92 Å². The molecule has 0 heterocycles. The molecule has 0 amide bonds. The molecule has 0 aliphatic heterocycles. The summed E-state index contributed by atoms with van der Waals surface area (Å²) in [6, 6.07) is 9.49. The van der Waals surface area contributed by atoms with Crippen LogP contribution in [0.15, 0.2) is 34.8 Å². The van der Waals surface area contributed by atoms with Gasteiger partial charge in [0.1, 0.15) is 11.5 Å². The highest BCUT2D eigenvalue weighted by Crippen LogP contribution is 2.34. The molecular weight excluding hydrogens is 324 g/mol. The van der Waals surface area contributed by atoms with Crippen molar-refractivity contribution in [3.05, 3.63) is 34.8 Å². The molecule has 4 nitrogen and oxygen atoms in total. The molecule has 2 aromatic rings. The Morgan fingerprint density at radius 1 is 1.25 bits per heavy atom. The van der Waals surface area contributed by atoms with Crippen LogP contribution in [0.2, 0.25) is 0 Å². The molecule has 0 aromatic heterocycles. The van der Waals surface area contributed by atoms with Crippen LogP contribution in [-0.4, -0.2) is 26.3 Å². The van der Waals surface area contributed by atoms with Crippen molar-refractivity contribution < 1.29 is 19.0 Å². The average molecular weight is 339 g/mol. The van der Waals surface area contributed by atoms with Crippen molar-refractivity contribution in [2.75, 3.05) is 20.3 Å². The summed E-state index contributed by atoms with van der Waals surface area (Å²) in [5, 5.41) is 2.02. The van der Waals surface area contributed by atoms with Gasteiger partial charge in [0.05, 0.1) is 18.2 Å². The van der Waals surface area contributed by atoms with Crippen molar-refractivity contribution in [1.82, 2.24) is 0 Å². The maximum Gasteiger partial charge on any atom is 0.344 e. The third kappa shape index (κ3) is 3.22. The topological polar surface area (TPSA) is 44.8 Å². The van der Waals surface area contributed by atoms with Crippen LogP contribution in [0.25, 0.3) is 10.8 Å². The molecule has 0 unspecified atom stereocenters. The lowest BCUT2D eigenvalue weighted by molar-refractivity contribution is -0.145. The number of hydrogen-bond acceptors (Lipinski definition) is 4. The molecule has 20 heavy (non-hydrogen) atoms. The van der Waals surface area contributed by atoms with Crippen molar-refractivity contribution >= 4 is 32.7 Å². The van der Waals surface area contributed by atoms with Gasteiger partial charge in [-0.25, -0.2) is 4.79 Å². The second-order valence-corrected chi connectivity index (χ2v) is 4.85. The van der Waals surface area contributed by atoms with Gasteiger partial charge in [-0.15, -0.1) is 0 Å². The van der Waals surface area contributed by atoms with Crippen LogP contribution < -0.4 is 9.47 Å². The van der Waals surface area contributed by atoms with Gasteiger partial charge in [0.15, 0.2) is 6.61 Å². The van der Waals surface area contributed by atoms with Crippen LogP contribution in [0.5, 0.6) is 11.5 Å². The van der Waals surface area contributed by atoms with E-state index in [9.17, 15) is 4.79 Å². The molecule has 0 N–H and O–H groups in total. The Morgan fingerprint density at radius 3 is 2.75 bits per heavy atom. The lowest BCUT2D eigenvalue weighted by atomic mass is 10.1. The Bertz CT molecular complexity index is 625. The molecule has 0 fully saturated rings. The third-order valence-electron chi connectivity index (χ3n) is 2.78. The van der Waals surface area contributed by atoms with Gasteiger partial charge in [-0.2, -0.15) is 0 Å². The van der Waals surface area contributed by atoms with E-state index in [1.807, 2.05) is 30.3 Å². The van der Waals surface area contributed by atoms with Crippen molar-refractivity contribution in [1.29, 1.82) is 0 Å². The fourth-order valence-corrected chi connectivity index (χ4v) is 2.44. The summed E-state index contributed by atoms with van der Waals surface area (Å²) in [4.78, 5) is 11.3. The maximum atomic E-state index is 11.3. The Labute approximate surface area is 125 Å². The first-order valence-corrected chi connectivity index (χ1v) is 6.99. The third-order valence-corrected chi connectivity index (χ3v) is 3.59. The minimum atomic E-state index is -0.380. The maximum absolute atomic E-state index is 11.3. The van der Waals surface area contributed by atoms with Crippen molar-refractivity contribution in [3.63, 3.8) is 0 Å². The zero-order valence-electron chi connectivity index (χ0n) is 11.3. The van der Waals surface area contributed by atoms with Gasteiger partial charge in [-0.3, -0.25) is 0 Å². The minimum Gasteiger partial charge on any atom is -0.497 e. The van der Waals surface area contributed by atoms with E-state index in [2.05, 4.69) is 15.9 Å². The predicted molar refractivity (Wildman–Crippen MR) is 80.3 cm³/mol. The Balaban J connectivity index is 2.23. The standard InChI is InChI=1S/C15H15BrO4/c1-3-19-14(17)9-20-13-7-4-10-8-11(18-2)5-6-12(10)15(13)16/h4-8H,3,9H2,1-2H3. The molecule has 5 heteroatoms. The highest BCUT2D eigenvalue weighted by atomic mass is 79.9. The van der Waals surface area contributed by atoms with Crippen LogP contribution in [0.4, 0.5) is 0 Å². The van der Waals surface area contributed by atoms with E-state index in [1.165, 1.54) is 0 Å². The van der Waals surface area contributed by atoms with Gasteiger partial charge >= 0.3 is 5.97 Å². The summed E-state index contributed by atoms with van der Waals surface area (Å²) >= 11 is 3.50. The number of esters is 1. The van der Waals surface area contributed by atoms with E-state index in [0.29, 0.717) is 12.4 Å². The number of benzene rings is 2.